The summed E-state index contributed by atoms with van der Waals surface area (Å²) in [5.41, 5.74) is -0.453. The van der Waals surface area contributed by atoms with E-state index in [9.17, 15) is 9.59 Å². The van der Waals surface area contributed by atoms with Crippen LogP contribution in [0.25, 0.3) is 10.8 Å². The molecule has 22 heavy (non-hydrogen) atoms. The molecule has 0 saturated heterocycles. The van der Waals surface area contributed by atoms with Crippen LogP contribution in [0.1, 0.15) is 12.1 Å². The Morgan fingerprint density at radius 1 is 0.955 bits per heavy atom. The number of fused-ring (bicyclic) bond motifs is 1. The van der Waals surface area contributed by atoms with Gasteiger partial charge in [-0.1, -0.05) is 36.4 Å². The highest BCUT2D eigenvalue weighted by Crippen LogP contribution is 2.25. The molecule has 3 rings (SSSR count). The first-order chi connectivity index (χ1) is 10.7. The predicted molar refractivity (Wildman–Crippen MR) is 85.4 cm³/mol. The third-order valence-electron chi connectivity index (χ3n) is 3.46. The van der Waals surface area contributed by atoms with Crippen LogP contribution in [0, 0.1) is 0 Å². The van der Waals surface area contributed by atoms with Crippen molar-refractivity contribution in [2.45, 2.75) is 12.8 Å². The summed E-state index contributed by atoms with van der Waals surface area (Å²) in [5.74, 6) is 0.855. The Bertz CT molecular complexity index is 891. The average molecular weight is 296 g/mol. The predicted octanol–water partition coefficient (Wildman–Crippen LogP) is 2.23. The summed E-state index contributed by atoms with van der Waals surface area (Å²) >= 11 is 0. The monoisotopic (exact) mass is 296 g/mol. The number of aromatic amines is 2. The van der Waals surface area contributed by atoms with Crippen LogP contribution in [0.5, 0.6) is 5.75 Å². The van der Waals surface area contributed by atoms with Crippen molar-refractivity contribution in [2.75, 3.05) is 6.61 Å². The molecular weight excluding hydrogens is 280 g/mol. The van der Waals surface area contributed by atoms with Gasteiger partial charge in [0.25, 0.3) is 0 Å². The Hall–Kier alpha value is -2.82. The van der Waals surface area contributed by atoms with Gasteiger partial charge in [0, 0.05) is 17.1 Å². The smallest absolute Gasteiger partial charge is 0.310 e. The van der Waals surface area contributed by atoms with E-state index in [1.54, 1.807) is 0 Å². The molecule has 5 heteroatoms. The van der Waals surface area contributed by atoms with Gasteiger partial charge in [0.2, 0.25) is 5.43 Å². The maximum absolute atomic E-state index is 11.2. The Morgan fingerprint density at radius 3 is 2.64 bits per heavy atom. The number of nitrogens with one attached hydrogen (secondary N) is 2. The van der Waals surface area contributed by atoms with Gasteiger partial charge in [-0.25, -0.2) is 0 Å². The number of ether oxygens (including phenoxy) is 1. The van der Waals surface area contributed by atoms with Gasteiger partial charge in [-0.3, -0.25) is 14.7 Å². The van der Waals surface area contributed by atoms with Crippen molar-refractivity contribution in [3.63, 3.8) is 0 Å². The van der Waals surface area contributed by atoms with Crippen LogP contribution < -0.4 is 15.7 Å². The molecule has 1 aromatic heterocycles. The van der Waals surface area contributed by atoms with E-state index in [1.807, 2.05) is 42.5 Å². The molecule has 0 unspecified atom stereocenters. The van der Waals surface area contributed by atoms with E-state index in [-0.39, 0.29) is 0 Å². The fraction of sp³-hybridized carbons (Fsp3) is 0.176. The van der Waals surface area contributed by atoms with Gasteiger partial charge in [0.05, 0.1) is 6.61 Å². The summed E-state index contributed by atoms with van der Waals surface area (Å²) in [7, 11) is 0. The second-order valence-electron chi connectivity index (χ2n) is 5.04. The molecule has 0 radical (unpaired) electrons. The van der Waals surface area contributed by atoms with E-state index in [2.05, 4.69) is 10.2 Å². The normalized spacial score (nSPS) is 10.7. The van der Waals surface area contributed by atoms with E-state index in [1.165, 1.54) is 6.07 Å². The lowest BCUT2D eigenvalue weighted by Gasteiger charge is -2.09. The lowest BCUT2D eigenvalue weighted by atomic mass is 10.1. The minimum Gasteiger partial charge on any atom is -0.493 e. The highest BCUT2D eigenvalue weighted by atomic mass is 16.5. The molecule has 0 atom stereocenters. The summed E-state index contributed by atoms with van der Waals surface area (Å²) in [4.78, 5) is 22.2. The van der Waals surface area contributed by atoms with Crippen molar-refractivity contribution in [2.24, 2.45) is 0 Å². The maximum atomic E-state index is 11.2. The molecule has 5 nitrogen and oxygen atoms in total. The fourth-order valence-corrected chi connectivity index (χ4v) is 2.36. The molecule has 0 aliphatic rings. The van der Waals surface area contributed by atoms with Crippen molar-refractivity contribution in [3.8, 4) is 5.75 Å². The van der Waals surface area contributed by atoms with Gasteiger partial charge in [0.15, 0.2) is 0 Å². The number of benzene rings is 2. The van der Waals surface area contributed by atoms with E-state index in [0.29, 0.717) is 18.7 Å². The Kier molecular flexibility index (Phi) is 4.05. The van der Waals surface area contributed by atoms with Crippen LogP contribution in [0.3, 0.4) is 0 Å². The minimum absolute atomic E-state index is 0.524. The number of H-pyrrole nitrogens is 2. The van der Waals surface area contributed by atoms with E-state index in [0.717, 1.165) is 22.9 Å². The van der Waals surface area contributed by atoms with Crippen LogP contribution in [-0.2, 0) is 6.42 Å². The number of rotatable bonds is 5. The molecule has 0 bridgehead atoms. The molecule has 0 spiro atoms. The average Bonchev–Trinajstić information content (AvgIpc) is 2.55. The van der Waals surface area contributed by atoms with Gasteiger partial charge in [-0.05, 0) is 24.3 Å². The summed E-state index contributed by atoms with van der Waals surface area (Å²) in [6.07, 6.45) is 1.38. The van der Waals surface area contributed by atoms with Crippen molar-refractivity contribution < 1.29 is 4.74 Å². The van der Waals surface area contributed by atoms with Crippen LogP contribution >= 0.6 is 0 Å². The maximum Gasteiger partial charge on any atom is 0.310 e. The van der Waals surface area contributed by atoms with Gasteiger partial charge >= 0.3 is 5.56 Å². The molecular formula is C17H16N2O3. The molecule has 1 heterocycles. The van der Waals surface area contributed by atoms with E-state index < -0.39 is 11.0 Å². The zero-order chi connectivity index (χ0) is 15.4. The third kappa shape index (κ3) is 3.09. The lowest BCUT2D eigenvalue weighted by Crippen LogP contribution is -2.27. The molecule has 0 aliphatic carbocycles. The molecule has 2 aromatic carbocycles. The Morgan fingerprint density at radius 2 is 1.77 bits per heavy atom. The topological polar surface area (TPSA) is 75.0 Å². The highest BCUT2D eigenvalue weighted by molar-refractivity contribution is 5.88. The second kappa shape index (κ2) is 6.30. The van der Waals surface area contributed by atoms with Crippen LogP contribution in [0.15, 0.2) is 58.1 Å². The van der Waals surface area contributed by atoms with Crippen LogP contribution in [-0.4, -0.2) is 16.8 Å². The van der Waals surface area contributed by atoms with Crippen molar-refractivity contribution in [3.05, 3.63) is 74.8 Å². The second-order valence-corrected chi connectivity index (χ2v) is 5.04. The molecule has 3 aromatic rings. The summed E-state index contributed by atoms with van der Waals surface area (Å²) in [5, 5.41) is 7.26. The largest absolute Gasteiger partial charge is 0.493 e. The molecule has 2 N–H and O–H groups in total. The number of aromatic nitrogens is 2. The van der Waals surface area contributed by atoms with Crippen LogP contribution in [0.2, 0.25) is 0 Å². The zero-order valence-corrected chi connectivity index (χ0v) is 12.0. The van der Waals surface area contributed by atoms with Crippen molar-refractivity contribution in [1.29, 1.82) is 0 Å². The van der Waals surface area contributed by atoms with Gasteiger partial charge in [-0.2, -0.15) is 0 Å². The number of aryl methyl sites for hydroxylation is 1. The summed E-state index contributed by atoms with van der Waals surface area (Å²) in [6, 6.07) is 15.4. The van der Waals surface area contributed by atoms with Crippen molar-refractivity contribution in [1.82, 2.24) is 10.2 Å². The number of hydrogen-bond donors (Lipinski definition) is 2. The molecule has 0 aliphatic heterocycles. The first kappa shape index (κ1) is 14.1. The first-order valence-corrected chi connectivity index (χ1v) is 7.15. The van der Waals surface area contributed by atoms with E-state index >= 15 is 0 Å². The van der Waals surface area contributed by atoms with Gasteiger partial charge in [-0.15, -0.1) is 0 Å². The van der Waals surface area contributed by atoms with Crippen molar-refractivity contribution >= 4 is 10.8 Å². The Balaban J connectivity index is 1.62. The first-order valence-electron chi connectivity index (χ1n) is 7.15. The quantitative estimate of drug-likeness (QED) is 0.560. The third-order valence-corrected chi connectivity index (χ3v) is 3.46. The molecule has 0 amide bonds. The standard InChI is InChI=1S/C17H16N2O3/c20-15-11-13(18-19-17(15)21)7-4-10-22-16-9-3-6-12-5-1-2-8-14(12)16/h1-3,5-6,8-9,11H,4,7,10H2,(H,18,20)(H,19,21). The van der Waals surface area contributed by atoms with E-state index in [4.69, 9.17) is 4.74 Å². The Labute approximate surface area is 126 Å². The molecule has 0 saturated carbocycles. The SMILES string of the molecule is O=c1cc(CCCOc2cccc3ccccc23)[nH][nH]c1=O. The van der Waals surface area contributed by atoms with Gasteiger partial charge < -0.3 is 9.84 Å². The zero-order valence-electron chi connectivity index (χ0n) is 12.0. The van der Waals surface area contributed by atoms with Crippen LogP contribution in [0.4, 0.5) is 0 Å². The molecule has 112 valence electrons. The minimum atomic E-state index is -0.629. The summed E-state index contributed by atoms with van der Waals surface area (Å²) < 4.78 is 5.83. The summed E-state index contributed by atoms with van der Waals surface area (Å²) in [6.45, 7) is 0.537. The highest BCUT2D eigenvalue weighted by Gasteiger charge is 2.02. The number of hydrogen-bond acceptors (Lipinski definition) is 3. The molecule has 0 fully saturated rings. The van der Waals surface area contributed by atoms with Gasteiger partial charge in [0.1, 0.15) is 5.75 Å². The fourth-order valence-electron chi connectivity index (χ4n) is 2.36. The lowest BCUT2D eigenvalue weighted by molar-refractivity contribution is 0.314.